The van der Waals surface area contributed by atoms with Crippen LogP contribution in [0.1, 0.15) is 6.92 Å². The maximum Gasteiger partial charge on any atom is 0.251 e. The second kappa shape index (κ2) is 4.55. The summed E-state index contributed by atoms with van der Waals surface area (Å²) in [5, 5.41) is 0. The van der Waals surface area contributed by atoms with Crippen molar-refractivity contribution in [1.29, 1.82) is 0 Å². The normalized spacial score (nSPS) is 12.6. The summed E-state index contributed by atoms with van der Waals surface area (Å²) in [5.41, 5.74) is 7.16. The van der Waals surface area contributed by atoms with Gasteiger partial charge in [-0.15, -0.1) is 0 Å². The molecule has 0 amide bonds. The van der Waals surface area contributed by atoms with Crippen molar-refractivity contribution in [2.75, 3.05) is 7.11 Å². The van der Waals surface area contributed by atoms with Gasteiger partial charge in [0.2, 0.25) is 0 Å². The predicted octanol–water partition coefficient (Wildman–Crippen LogP) is 0.752. The maximum absolute atomic E-state index is 11.8. The molecule has 0 aliphatic rings. The van der Waals surface area contributed by atoms with Crippen LogP contribution in [-0.4, -0.2) is 22.7 Å². The van der Waals surface area contributed by atoms with Crippen LogP contribution in [0.4, 0.5) is 0 Å². The van der Waals surface area contributed by atoms with Gasteiger partial charge in [0, 0.05) is 24.7 Å². The van der Waals surface area contributed by atoms with Crippen LogP contribution in [0.3, 0.4) is 0 Å². The third kappa shape index (κ3) is 2.29. The van der Waals surface area contributed by atoms with Gasteiger partial charge in [0.15, 0.2) is 0 Å². The Kier molecular flexibility index (Phi) is 3.10. The maximum atomic E-state index is 11.8. The Hall–Kier alpha value is -1.88. The Labute approximate surface area is 98.8 Å². The van der Waals surface area contributed by atoms with E-state index in [1.165, 1.54) is 6.07 Å². The van der Waals surface area contributed by atoms with E-state index in [9.17, 15) is 4.79 Å². The molecule has 2 aromatic heterocycles. The fourth-order valence-corrected chi connectivity index (χ4v) is 1.74. The van der Waals surface area contributed by atoms with Gasteiger partial charge >= 0.3 is 0 Å². The lowest BCUT2D eigenvalue weighted by Crippen LogP contribution is -2.29. The fourth-order valence-electron chi connectivity index (χ4n) is 1.74. The van der Waals surface area contributed by atoms with Gasteiger partial charge in [-0.05, 0) is 13.0 Å². The lowest BCUT2D eigenvalue weighted by molar-refractivity contribution is 0.413. The van der Waals surface area contributed by atoms with Gasteiger partial charge in [-0.25, -0.2) is 0 Å². The highest BCUT2D eigenvalue weighted by atomic mass is 16.5. The molecule has 0 bridgehead atoms. The molecule has 2 aromatic rings. The Bertz CT molecular complexity index is 590. The van der Waals surface area contributed by atoms with E-state index in [1.54, 1.807) is 30.0 Å². The van der Waals surface area contributed by atoms with E-state index in [0.29, 0.717) is 12.3 Å². The number of ether oxygens (including phenoxy) is 1. The second-order valence-electron chi connectivity index (χ2n) is 4.04. The number of pyridine rings is 2. The number of nitrogens with two attached hydrogens (primary N) is 1. The van der Waals surface area contributed by atoms with Crippen LogP contribution in [0.2, 0.25) is 0 Å². The van der Waals surface area contributed by atoms with Crippen molar-refractivity contribution < 1.29 is 4.74 Å². The first kappa shape index (κ1) is 11.6. The van der Waals surface area contributed by atoms with E-state index in [0.717, 1.165) is 11.0 Å². The summed E-state index contributed by atoms with van der Waals surface area (Å²) < 4.78 is 6.73. The summed E-state index contributed by atoms with van der Waals surface area (Å²) in [5.74, 6) is 0.626. The van der Waals surface area contributed by atoms with Crippen molar-refractivity contribution in [3.63, 3.8) is 0 Å². The van der Waals surface area contributed by atoms with Crippen molar-refractivity contribution in [3.05, 3.63) is 34.7 Å². The van der Waals surface area contributed by atoms with Gasteiger partial charge in [-0.2, -0.15) is 0 Å². The van der Waals surface area contributed by atoms with Crippen molar-refractivity contribution in [2.24, 2.45) is 5.73 Å². The SMILES string of the molecule is COc1cnc2ccc(=O)n(CC(C)N)c2c1. The van der Waals surface area contributed by atoms with E-state index < -0.39 is 0 Å². The number of fused-ring (bicyclic) bond motifs is 1. The average Bonchev–Trinajstić information content (AvgIpc) is 2.32. The van der Waals surface area contributed by atoms with E-state index in [4.69, 9.17) is 10.5 Å². The lowest BCUT2D eigenvalue weighted by atomic mass is 10.2. The van der Waals surface area contributed by atoms with Gasteiger partial charge < -0.3 is 15.0 Å². The predicted molar refractivity (Wildman–Crippen MR) is 66.2 cm³/mol. The molecule has 0 aromatic carbocycles. The number of hydrogen-bond acceptors (Lipinski definition) is 4. The summed E-state index contributed by atoms with van der Waals surface area (Å²) in [7, 11) is 1.57. The highest BCUT2D eigenvalue weighted by Crippen LogP contribution is 2.16. The Morgan fingerprint density at radius 3 is 2.94 bits per heavy atom. The molecule has 1 atom stereocenters. The van der Waals surface area contributed by atoms with E-state index in [1.807, 2.05) is 6.92 Å². The smallest absolute Gasteiger partial charge is 0.251 e. The minimum absolute atomic E-state index is 0.0788. The minimum Gasteiger partial charge on any atom is -0.495 e. The highest BCUT2D eigenvalue weighted by molar-refractivity contribution is 5.75. The standard InChI is InChI=1S/C12H15N3O2/c1-8(13)7-15-11-5-9(17-2)6-14-10(11)3-4-12(15)16/h3-6,8H,7,13H2,1-2H3. The number of methoxy groups -OCH3 is 1. The number of hydrogen-bond donors (Lipinski definition) is 1. The Morgan fingerprint density at radius 1 is 1.53 bits per heavy atom. The molecule has 0 saturated carbocycles. The van der Waals surface area contributed by atoms with Crippen molar-refractivity contribution in [1.82, 2.24) is 9.55 Å². The lowest BCUT2D eigenvalue weighted by Gasteiger charge is -2.12. The van der Waals surface area contributed by atoms with Crippen LogP contribution in [-0.2, 0) is 6.54 Å². The zero-order valence-corrected chi connectivity index (χ0v) is 9.88. The van der Waals surface area contributed by atoms with Crippen LogP contribution < -0.4 is 16.0 Å². The molecule has 0 saturated heterocycles. The Balaban J connectivity index is 2.68. The summed E-state index contributed by atoms with van der Waals surface area (Å²) in [6, 6.07) is 4.91. The van der Waals surface area contributed by atoms with Crippen LogP contribution in [0.15, 0.2) is 29.2 Å². The molecule has 2 heterocycles. The summed E-state index contributed by atoms with van der Waals surface area (Å²) in [6.07, 6.45) is 1.63. The third-order valence-electron chi connectivity index (χ3n) is 2.52. The van der Waals surface area contributed by atoms with Gasteiger partial charge in [0.05, 0.1) is 24.3 Å². The molecule has 90 valence electrons. The monoisotopic (exact) mass is 233 g/mol. The van der Waals surface area contributed by atoms with E-state index in [-0.39, 0.29) is 11.6 Å². The topological polar surface area (TPSA) is 70.1 Å². The van der Waals surface area contributed by atoms with Crippen molar-refractivity contribution in [2.45, 2.75) is 19.5 Å². The molecule has 5 heteroatoms. The first-order valence-electron chi connectivity index (χ1n) is 5.41. The average molecular weight is 233 g/mol. The largest absolute Gasteiger partial charge is 0.495 e. The highest BCUT2D eigenvalue weighted by Gasteiger charge is 2.07. The summed E-state index contributed by atoms with van der Waals surface area (Å²) in [4.78, 5) is 16.0. The first-order valence-corrected chi connectivity index (χ1v) is 5.41. The molecule has 0 spiro atoms. The molecular formula is C12H15N3O2. The molecule has 2 rings (SSSR count). The van der Waals surface area contributed by atoms with Crippen LogP contribution in [0.5, 0.6) is 5.75 Å². The van der Waals surface area contributed by atoms with Crippen LogP contribution >= 0.6 is 0 Å². The van der Waals surface area contributed by atoms with Gasteiger partial charge in [-0.3, -0.25) is 9.78 Å². The molecule has 1 unspecified atom stereocenters. The molecule has 2 N–H and O–H groups in total. The first-order chi connectivity index (χ1) is 8.11. The minimum atomic E-state index is -0.0931. The van der Waals surface area contributed by atoms with Crippen LogP contribution in [0, 0.1) is 0 Å². The zero-order valence-electron chi connectivity index (χ0n) is 9.88. The van der Waals surface area contributed by atoms with E-state index >= 15 is 0 Å². The summed E-state index contributed by atoms with van der Waals surface area (Å²) >= 11 is 0. The van der Waals surface area contributed by atoms with Crippen molar-refractivity contribution >= 4 is 11.0 Å². The number of rotatable bonds is 3. The quantitative estimate of drug-likeness (QED) is 0.849. The molecule has 17 heavy (non-hydrogen) atoms. The molecule has 0 fully saturated rings. The summed E-state index contributed by atoms with van der Waals surface area (Å²) in [6.45, 7) is 2.32. The van der Waals surface area contributed by atoms with Gasteiger partial charge in [0.25, 0.3) is 5.56 Å². The molecule has 0 aliphatic heterocycles. The Morgan fingerprint density at radius 2 is 2.29 bits per heavy atom. The number of aromatic nitrogens is 2. The van der Waals surface area contributed by atoms with Gasteiger partial charge in [-0.1, -0.05) is 0 Å². The molecule has 0 aliphatic carbocycles. The molecule has 0 radical (unpaired) electrons. The number of nitrogens with zero attached hydrogens (tertiary/aromatic N) is 2. The van der Waals surface area contributed by atoms with Crippen LogP contribution in [0.25, 0.3) is 11.0 Å². The van der Waals surface area contributed by atoms with Gasteiger partial charge in [0.1, 0.15) is 5.75 Å². The third-order valence-corrected chi connectivity index (χ3v) is 2.52. The van der Waals surface area contributed by atoms with E-state index in [2.05, 4.69) is 4.98 Å². The van der Waals surface area contributed by atoms with Crippen molar-refractivity contribution in [3.8, 4) is 5.75 Å². The zero-order chi connectivity index (χ0) is 12.4. The molecular weight excluding hydrogens is 218 g/mol. The fraction of sp³-hybridized carbons (Fsp3) is 0.333. The molecule has 5 nitrogen and oxygen atoms in total. The second-order valence-corrected chi connectivity index (χ2v) is 4.04.